The van der Waals surface area contributed by atoms with Crippen molar-refractivity contribution in [2.45, 2.75) is 51.6 Å². The van der Waals surface area contributed by atoms with Crippen molar-refractivity contribution in [2.75, 3.05) is 7.05 Å². The average molecular weight is 248 g/mol. The van der Waals surface area contributed by atoms with Crippen LogP contribution in [0.3, 0.4) is 0 Å². The van der Waals surface area contributed by atoms with Crippen LogP contribution in [0.25, 0.3) is 0 Å². The Morgan fingerprint density at radius 2 is 1.76 bits per heavy atom. The molecule has 4 atom stereocenters. The molecule has 0 saturated heterocycles. The summed E-state index contributed by atoms with van der Waals surface area (Å²) in [6.07, 6.45) is -1.59. The van der Waals surface area contributed by atoms with Crippen LogP contribution in [0, 0.1) is 5.92 Å². The molecule has 102 valence electrons. The number of carboxylic acids is 1. The van der Waals surface area contributed by atoms with Gasteiger partial charge in [0.25, 0.3) is 0 Å². The van der Waals surface area contributed by atoms with E-state index in [-0.39, 0.29) is 0 Å². The maximum absolute atomic E-state index is 11.0. The monoisotopic (exact) mass is 248 g/mol. The number of nitrogens with two attached hydrogens (primary N) is 1. The lowest BCUT2D eigenvalue weighted by Crippen LogP contribution is -2.56. The van der Waals surface area contributed by atoms with Crippen molar-refractivity contribution in [3.8, 4) is 0 Å². The fraction of sp³-hybridized carbons (Fsp3) is 0.909. The van der Waals surface area contributed by atoms with Gasteiger partial charge in [-0.05, 0) is 26.3 Å². The molecule has 0 fully saturated rings. The molecule has 0 aromatic carbocycles. The lowest BCUT2D eigenvalue weighted by atomic mass is 10.0. The van der Waals surface area contributed by atoms with Crippen LogP contribution in [0.5, 0.6) is 0 Å². The van der Waals surface area contributed by atoms with Crippen molar-refractivity contribution in [3.63, 3.8) is 0 Å². The molecule has 0 aromatic heterocycles. The quantitative estimate of drug-likeness (QED) is 0.450. The summed E-state index contributed by atoms with van der Waals surface area (Å²) in [5.41, 5.74) is 5.79. The van der Waals surface area contributed by atoms with E-state index in [1.54, 1.807) is 0 Å². The fourth-order valence-electron chi connectivity index (χ4n) is 1.85. The van der Waals surface area contributed by atoms with Gasteiger partial charge in [-0.15, -0.1) is 0 Å². The topological polar surface area (TPSA) is 107 Å². The molecule has 0 aromatic rings. The molecule has 0 spiro atoms. The highest BCUT2D eigenvalue weighted by molar-refractivity contribution is 5.74. The predicted molar refractivity (Wildman–Crippen MR) is 64.3 cm³/mol. The van der Waals surface area contributed by atoms with E-state index in [4.69, 9.17) is 10.8 Å². The molecule has 0 aliphatic rings. The van der Waals surface area contributed by atoms with E-state index in [9.17, 15) is 15.0 Å². The van der Waals surface area contributed by atoms with Crippen LogP contribution in [0.15, 0.2) is 0 Å². The minimum absolute atomic E-state index is 0.308. The average Bonchev–Trinajstić information content (AvgIpc) is 2.13. The van der Waals surface area contributed by atoms with Gasteiger partial charge < -0.3 is 21.1 Å². The summed E-state index contributed by atoms with van der Waals surface area (Å²) < 4.78 is 0. The largest absolute Gasteiger partial charge is 0.480 e. The molecular formula is C11H24N2O4. The van der Waals surface area contributed by atoms with E-state index in [0.717, 1.165) is 0 Å². The van der Waals surface area contributed by atoms with Crippen LogP contribution in [-0.4, -0.2) is 57.7 Å². The van der Waals surface area contributed by atoms with Crippen molar-refractivity contribution in [1.29, 1.82) is 0 Å². The highest BCUT2D eigenvalue weighted by Gasteiger charge is 2.33. The summed E-state index contributed by atoms with van der Waals surface area (Å²) in [5, 5.41) is 28.3. The summed E-state index contributed by atoms with van der Waals surface area (Å²) in [6.45, 7) is 5.31. The van der Waals surface area contributed by atoms with Crippen molar-refractivity contribution < 1.29 is 20.1 Å². The Hall–Kier alpha value is -0.690. The third-order valence-electron chi connectivity index (χ3n) is 2.69. The van der Waals surface area contributed by atoms with E-state index in [1.807, 2.05) is 13.8 Å². The molecule has 0 aliphatic carbocycles. The third-order valence-corrected chi connectivity index (χ3v) is 2.69. The number of aliphatic hydroxyl groups excluding tert-OH is 2. The highest BCUT2D eigenvalue weighted by Crippen LogP contribution is 2.13. The van der Waals surface area contributed by atoms with E-state index in [0.29, 0.717) is 12.3 Å². The Morgan fingerprint density at radius 1 is 1.29 bits per heavy atom. The van der Waals surface area contributed by atoms with Crippen LogP contribution in [0.1, 0.15) is 27.2 Å². The Balaban J connectivity index is 4.65. The van der Waals surface area contributed by atoms with Crippen molar-refractivity contribution in [3.05, 3.63) is 0 Å². The second-order valence-electron chi connectivity index (χ2n) is 4.90. The number of nitrogens with zero attached hydrogens (tertiary/aromatic N) is 1. The number of carboxylic acid groups (broad SMARTS) is 1. The number of likely N-dealkylation sites (N-methyl/N-ethyl adjacent to an activating group) is 1. The Kier molecular flexibility index (Phi) is 6.62. The van der Waals surface area contributed by atoms with Crippen LogP contribution in [0.2, 0.25) is 0 Å². The van der Waals surface area contributed by atoms with Gasteiger partial charge in [-0.3, -0.25) is 9.69 Å². The van der Waals surface area contributed by atoms with Crippen molar-refractivity contribution in [2.24, 2.45) is 11.7 Å². The van der Waals surface area contributed by atoms with Gasteiger partial charge in [-0.25, -0.2) is 0 Å². The molecule has 1 unspecified atom stereocenters. The number of hydrogen-bond acceptors (Lipinski definition) is 5. The summed E-state index contributed by atoms with van der Waals surface area (Å²) in [6, 6.07) is -1.70. The van der Waals surface area contributed by atoms with Crippen LogP contribution in [0.4, 0.5) is 0 Å². The first-order chi connectivity index (χ1) is 7.68. The van der Waals surface area contributed by atoms with Gasteiger partial charge in [-0.2, -0.15) is 0 Å². The highest BCUT2D eigenvalue weighted by atomic mass is 16.4. The lowest BCUT2D eigenvalue weighted by molar-refractivity contribution is -0.153. The van der Waals surface area contributed by atoms with Crippen LogP contribution in [-0.2, 0) is 4.79 Å². The van der Waals surface area contributed by atoms with Gasteiger partial charge in [0.1, 0.15) is 12.3 Å². The van der Waals surface area contributed by atoms with E-state index in [1.165, 1.54) is 18.9 Å². The van der Waals surface area contributed by atoms with Gasteiger partial charge in [0, 0.05) is 6.04 Å². The van der Waals surface area contributed by atoms with Gasteiger partial charge in [0.2, 0.25) is 0 Å². The zero-order valence-electron chi connectivity index (χ0n) is 10.9. The second-order valence-corrected chi connectivity index (χ2v) is 4.90. The summed E-state index contributed by atoms with van der Waals surface area (Å²) in [7, 11) is 1.44. The number of aliphatic hydroxyl groups is 2. The smallest absolute Gasteiger partial charge is 0.323 e. The Bertz CT molecular complexity index is 246. The fourth-order valence-corrected chi connectivity index (χ4v) is 1.85. The van der Waals surface area contributed by atoms with Gasteiger partial charge in [0.05, 0.1) is 6.10 Å². The molecule has 17 heavy (non-hydrogen) atoms. The van der Waals surface area contributed by atoms with Crippen molar-refractivity contribution in [1.82, 2.24) is 4.90 Å². The minimum Gasteiger partial charge on any atom is -0.480 e. The second kappa shape index (κ2) is 6.90. The molecule has 5 N–H and O–H groups in total. The van der Waals surface area contributed by atoms with Gasteiger partial charge in [0.15, 0.2) is 0 Å². The molecule has 0 aliphatic heterocycles. The molecule has 0 amide bonds. The van der Waals surface area contributed by atoms with Gasteiger partial charge in [-0.1, -0.05) is 13.8 Å². The maximum atomic E-state index is 11.0. The maximum Gasteiger partial charge on any atom is 0.323 e. The van der Waals surface area contributed by atoms with E-state index >= 15 is 0 Å². The number of rotatable bonds is 7. The lowest BCUT2D eigenvalue weighted by Gasteiger charge is -2.34. The molecular weight excluding hydrogens is 224 g/mol. The first-order valence-electron chi connectivity index (χ1n) is 5.74. The zero-order valence-corrected chi connectivity index (χ0v) is 10.9. The first kappa shape index (κ1) is 16.3. The first-order valence-corrected chi connectivity index (χ1v) is 5.74. The van der Waals surface area contributed by atoms with E-state index < -0.39 is 30.4 Å². The molecule has 0 radical (unpaired) electrons. The van der Waals surface area contributed by atoms with Crippen molar-refractivity contribution >= 4 is 5.97 Å². The zero-order chi connectivity index (χ0) is 13.7. The minimum atomic E-state index is -1.18. The summed E-state index contributed by atoms with van der Waals surface area (Å²) in [4.78, 5) is 12.2. The Morgan fingerprint density at radius 3 is 2.06 bits per heavy atom. The summed E-state index contributed by atoms with van der Waals surface area (Å²) >= 11 is 0. The van der Waals surface area contributed by atoms with Crippen LogP contribution < -0.4 is 5.73 Å². The number of carbonyl (C=O) groups is 1. The number of hydrogen-bond donors (Lipinski definition) is 4. The molecule has 0 heterocycles. The predicted octanol–water partition coefficient (Wildman–Crippen LogP) is -0.556. The standard InChI is InChI=1S/C11H24N2O4/c1-6(2)5-8(12)10(15)13(4)9(7(3)14)11(16)17/h6-10,14-15H,5,12H2,1-4H3,(H,16,17)/t7-,8+,9+,10?/m1/s1. The molecule has 6 heteroatoms. The number of aliphatic carboxylic acids is 1. The third kappa shape index (κ3) is 4.99. The molecule has 0 rings (SSSR count). The van der Waals surface area contributed by atoms with Crippen LogP contribution >= 0.6 is 0 Å². The molecule has 6 nitrogen and oxygen atoms in total. The normalized spacial score (nSPS) is 19.1. The van der Waals surface area contributed by atoms with E-state index in [2.05, 4.69) is 0 Å². The van der Waals surface area contributed by atoms with Gasteiger partial charge >= 0.3 is 5.97 Å². The summed E-state index contributed by atoms with van der Waals surface area (Å²) in [5.74, 6) is -0.874. The Labute approximate surface area is 102 Å². The molecule has 0 bridgehead atoms. The SMILES string of the molecule is CC(C)C[C@H](N)C(O)N(C)[C@H](C(=O)O)[C@@H](C)O. The molecule has 0 saturated carbocycles.